The molecule has 0 atom stereocenters. The van der Waals surface area contributed by atoms with Crippen LogP contribution < -0.4 is 11.5 Å². The number of primary amides is 1. The molecule has 0 unspecified atom stereocenters. The summed E-state index contributed by atoms with van der Waals surface area (Å²) >= 11 is 0. The summed E-state index contributed by atoms with van der Waals surface area (Å²) in [4.78, 5) is 11.1. The lowest BCUT2D eigenvalue weighted by molar-refractivity contribution is -0.118. The molecule has 7 heteroatoms. The minimum Gasteiger partial charge on any atom is -0.398 e. The zero-order chi connectivity index (χ0) is 14.8. The number of anilines is 1. The molecule has 4 N–H and O–H groups in total. The van der Waals surface area contributed by atoms with Crippen molar-refractivity contribution >= 4 is 21.6 Å². The maximum Gasteiger partial charge on any atom is 0.232 e. The lowest BCUT2D eigenvalue weighted by Crippen LogP contribution is -2.39. The van der Waals surface area contributed by atoms with Crippen LogP contribution in [0, 0.1) is 5.92 Å². The highest BCUT2D eigenvalue weighted by Crippen LogP contribution is 2.31. The van der Waals surface area contributed by atoms with Crippen molar-refractivity contribution in [3.8, 4) is 0 Å². The molecule has 0 aliphatic heterocycles. The normalized spacial score (nSPS) is 15.4. The van der Waals surface area contributed by atoms with Gasteiger partial charge in [0.15, 0.2) is 0 Å². The largest absolute Gasteiger partial charge is 0.398 e. The first-order valence-corrected chi connectivity index (χ1v) is 8.09. The van der Waals surface area contributed by atoms with Gasteiger partial charge in [-0.25, -0.2) is 8.42 Å². The summed E-state index contributed by atoms with van der Waals surface area (Å²) in [6, 6.07) is 7.00. The summed E-state index contributed by atoms with van der Waals surface area (Å²) in [6.07, 6.45) is 1.86. The highest BCUT2D eigenvalue weighted by Gasteiger charge is 2.32. The molecule has 6 nitrogen and oxygen atoms in total. The molecule has 20 heavy (non-hydrogen) atoms. The van der Waals surface area contributed by atoms with Gasteiger partial charge in [-0.1, -0.05) is 18.2 Å². The van der Waals surface area contributed by atoms with E-state index in [1.807, 2.05) is 0 Å². The van der Waals surface area contributed by atoms with Crippen molar-refractivity contribution in [3.63, 3.8) is 0 Å². The van der Waals surface area contributed by atoms with Gasteiger partial charge in [-0.05, 0) is 30.4 Å². The summed E-state index contributed by atoms with van der Waals surface area (Å²) in [6.45, 7) is -0.242. The molecule has 1 fully saturated rings. The van der Waals surface area contributed by atoms with E-state index in [-0.39, 0.29) is 24.8 Å². The van der Waals surface area contributed by atoms with E-state index in [0.717, 1.165) is 17.1 Å². The van der Waals surface area contributed by atoms with E-state index in [4.69, 9.17) is 11.5 Å². The van der Waals surface area contributed by atoms with E-state index in [9.17, 15) is 13.2 Å². The second-order valence-electron chi connectivity index (χ2n) is 5.16. The van der Waals surface area contributed by atoms with Crippen molar-refractivity contribution < 1.29 is 13.2 Å². The second-order valence-corrected chi connectivity index (χ2v) is 7.17. The zero-order valence-corrected chi connectivity index (χ0v) is 12.0. The van der Waals surface area contributed by atoms with Crippen LogP contribution in [0.15, 0.2) is 24.3 Å². The number of nitrogens with two attached hydrogens (primary N) is 2. The van der Waals surface area contributed by atoms with E-state index >= 15 is 0 Å². The van der Waals surface area contributed by atoms with Crippen molar-refractivity contribution in [2.24, 2.45) is 11.7 Å². The van der Waals surface area contributed by atoms with Crippen molar-refractivity contribution in [1.29, 1.82) is 0 Å². The van der Waals surface area contributed by atoms with Crippen LogP contribution in [-0.2, 0) is 21.4 Å². The SMILES string of the molecule is NC(=O)CN(Cc1ccccc1N)S(=O)(=O)CC1CC1. The number of para-hydroxylation sites is 1. The molecule has 0 heterocycles. The maximum absolute atomic E-state index is 12.3. The van der Waals surface area contributed by atoms with Gasteiger partial charge >= 0.3 is 0 Å². The number of nitrogens with zero attached hydrogens (tertiary/aromatic N) is 1. The maximum atomic E-state index is 12.3. The van der Waals surface area contributed by atoms with Crippen LogP contribution in [0.2, 0.25) is 0 Å². The highest BCUT2D eigenvalue weighted by atomic mass is 32.2. The van der Waals surface area contributed by atoms with Crippen LogP contribution in [0.25, 0.3) is 0 Å². The van der Waals surface area contributed by atoms with Crippen molar-refractivity contribution in [1.82, 2.24) is 4.31 Å². The van der Waals surface area contributed by atoms with E-state index in [1.165, 1.54) is 0 Å². The molecule has 2 rings (SSSR count). The average molecular weight is 297 g/mol. The van der Waals surface area contributed by atoms with E-state index in [1.54, 1.807) is 24.3 Å². The smallest absolute Gasteiger partial charge is 0.232 e. The van der Waals surface area contributed by atoms with Gasteiger partial charge in [-0.2, -0.15) is 4.31 Å². The van der Waals surface area contributed by atoms with Crippen LogP contribution in [-0.4, -0.2) is 30.9 Å². The van der Waals surface area contributed by atoms with Gasteiger partial charge in [-0.3, -0.25) is 4.79 Å². The number of sulfonamides is 1. The topological polar surface area (TPSA) is 106 Å². The Labute approximate surface area is 118 Å². The van der Waals surface area contributed by atoms with Crippen LogP contribution in [0.4, 0.5) is 5.69 Å². The molecular formula is C13H19N3O3S. The second kappa shape index (κ2) is 5.80. The Kier molecular flexibility index (Phi) is 4.29. The molecular weight excluding hydrogens is 278 g/mol. The molecule has 0 radical (unpaired) electrons. The van der Waals surface area contributed by atoms with Gasteiger partial charge in [0.1, 0.15) is 0 Å². The van der Waals surface area contributed by atoms with E-state index < -0.39 is 15.9 Å². The first-order valence-electron chi connectivity index (χ1n) is 6.48. The summed E-state index contributed by atoms with van der Waals surface area (Å²) in [5, 5.41) is 0. The number of hydrogen-bond acceptors (Lipinski definition) is 4. The molecule has 0 saturated heterocycles. The number of amides is 1. The van der Waals surface area contributed by atoms with Crippen LogP contribution in [0.5, 0.6) is 0 Å². The number of rotatable bonds is 7. The van der Waals surface area contributed by atoms with E-state index in [0.29, 0.717) is 11.3 Å². The Balaban J connectivity index is 2.18. The van der Waals surface area contributed by atoms with Gasteiger partial charge in [-0.15, -0.1) is 0 Å². The highest BCUT2D eigenvalue weighted by molar-refractivity contribution is 7.89. The predicted molar refractivity (Wildman–Crippen MR) is 77.0 cm³/mol. The monoisotopic (exact) mass is 297 g/mol. The molecule has 1 aromatic rings. The molecule has 0 spiro atoms. The van der Waals surface area contributed by atoms with Crippen molar-refractivity contribution in [3.05, 3.63) is 29.8 Å². The number of hydrogen-bond donors (Lipinski definition) is 2. The number of carbonyl (C=O) groups is 1. The van der Waals surface area contributed by atoms with Crippen molar-refractivity contribution in [2.45, 2.75) is 19.4 Å². The average Bonchev–Trinajstić information content (AvgIpc) is 3.13. The fourth-order valence-electron chi connectivity index (χ4n) is 1.98. The zero-order valence-electron chi connectivity index (χ0n) is 11.2. The number of nitrogen functional groups attached to an aromatic ring is 1. The molecule has 1 aliphatic rings. The molecule has 1 saturated carbocycles. The van der Waals surface area contributed by atoms with Gasteiger partial charge in [0.25, 0.3) is 0 Å². The Hall–Kier alpha value is -1.60. The Morgan fingerprint density at radius 3 is 2.50 bits per heavy atom. The summed E-state index contributed by atoms with van der Waals surface area (Å²) < 4.78 is 25.7. The van der Waals surface area contributed by atoms with Gasteiger partial charge < -0.3 is 11.5 Å². The summed E-state index contributed by atoms with van der Waals surface area (Å²) in [5.41, 5.74) is 12.1. The lowest BCUT2D eigenvalue weighted by Gasteiger charge is -2.21. The lowest BCUT2D eigenvalue weighted by atomic mass is 10.2. The Morgan fingerprint density at radius 1 is 1.30 bits per heavy atom. The number of benzene rings is 1. The van der Waals surface area contributed by atoms with E-state index in [2.05, 4.69) is 0 Å². The van der Waals surface area contributed by atoms with Gasteiger partial charge in [0.05, 0.1) is 12.3 Å². The number of carbonyl (C=O) groups excluding carboxylic acids is 1. The fourth-order valence-corrected chi connectivity index (χ4v) is 3.78. The van der Waals surface area contributed by atoms with Crippen molar-refractivity contribution in [2.75, 3.05) is 18.0 Å². The summed E-state index contributed by atoms with van der Waals surface area (Å²) in [5.74, 6) is -0.380. The molecule has 1 aromatic carbocycles. The first kappa shape index (κ1) is 14.8. The van der Waals surface area contributed by atoms with Gasteiger partial charge in [0, 0.05) is 12.2 Å². The minimum atomic E-state index is -3.49. The third kappa shape index (κ3) is 3.94. The molecule has 1 amide bonds. The molecule has 0 aromatic heterocycles. The Bertz CT molecular complexity index is 597. The van der Waals surface area contributed by atoms with Gasteiger partial charge in [0.2, 0.25) is 15.9 Å². The van der Waals surface area contributed by atoms with Crippen LogP contribution in [0.3, 0.4) is 0 Å². The molecule has 110 valence electrons. The third-order valence-electron chi connectivity index (χ3n) is 3.27. The van der Waals surface area contributed by atoms with Crippen LogP contribution >= 0.6 is 0 Å². The molecule has 0 bridgehead atoms. The first-order chi connectivity index (χ1) is 9.38. The minimum absolute atomic E-state index is 0.0741. The summed E-state index contributed by atoms with van der Waals surface area (Å²) in [7, 11) is -3.49. The Morgan fingerprint density at radius 2 is 1.95 bits per heavy atom. The van der Waals surface area contributed by atoms with Crippen LogP contribution in [0.1, 0.15) is 18.4 Å². The standard InChI is InChI=1S/C13H19N3O3S/c14-12-4-2-1-3-11(12)7-16(8-13(15)17)20(18,19)9-10-5-6-10/h1-4,10H,5-9,14H2,(H2,15,17). The predicted octanol–water partition coefficient (Wildman–Crippen LogP) is 0.296. The molecule has 1 aliphatic carbocycles. The quantitative estimate of drug-likeness (QED) is 0.706. The third-order valence-corrected chi connectivity index (χ3v) is 5.21. The fraction of sp³-hybridized carbons (Fsp3) is 0.462.